The molecule has 3 rings (SSSR count). The third-order valence-electron chi connectivity index (χ3n) is 3.84. The first kappa shape index (κ1) is 11.9. The Morgan fingerprint density at radius 1 is 1.28 bits per heavy atom. The first-order chi connectivity index (χ1) is 8.74. The van der Waals surface area contributed by atoms with Crippen LogP contribution in [0.3, 0.4) is 0 Å². The largest absolute Gasteiger partial charge is 0.363 e. The summed E-state index contributed by atoms with van der Waals surface area (Å²) >= 11 is 3.58. The lowest BCUT2D eigenvalue weighted by Crippen LogP contribution is -2.51. The lowest BCUT2D eigenvalue weighted by molar-refractivity contribution is 0.287. The van der Waals surface area contributed by atoms with Crippen molar-refractivity contribution in [3.05, 3.63) is 34.9 Å². The monoisotopic (exact) mass is 305 g/mol. The average molecular weight is 306 g/mol. The van der Waals surface area contributed by atoms with E-state index >= 15 is 0 Å². The second-order valence-electron chi connectivity index (χ2n) is 4.96. The van der Waals surface area contributed by atoms with Gasteiger partial charge < -0.3 is 11.1 Å². The molecule has 0 radical (unpaired) electrons. The van der Waals surface area contributed by atoms with E-state index in [0.29, 0.717) is 6.54 Å². The van der Waals surface area contributed by atoms with Crippen molar-refractivity contribution < 1.29 is 0 Å². The number of aromatic nitrogens is 1. The summed E-state index contributed by atoms with van der Waals surface area (Å²) < 4.78 is 1.10. The molecular formula is C14H16BrN3. The van der Waals surface area contributed by atoms with E-state index < -0.39 is 0 Å². The van der Waals surface area contributed by atoms with Gasteiger partial charge in [0.15, 0.2) is 0 Å². The van der Waals surface area contributed by atoms with Crippen LogP contribution < -0.4 is 11.1 Å². The van der Waals surface area contributed by atoms with Gasteiger partial charge in [0.1, 0.15) is 5.82 Å². The summed E-state index contributed by atoms with van der Waals surface area (Å²) in [5.41, 5.74) is 5.95. The predicted molar refractivity (Wildman–Crippen MR) is 78.7 cm³/mol. The van der Waals surface area contributed by atoms with Crippen molar-refractivity contribution in [3.63, 3.8) is 0 Å². The maximum atomic E-state index is 5.89. The molecule has 0 spiro atoms. The van der Waals surface area contributed by atoms with Crippen molar-refractivity contribution in [1.29, 1.82) is 0 Å². The van der Waals surface area contributed by atoms with Crippen LogP contribution in [0.25, 0.3) is 10.8 Å². The van der Waals surface area contributed by atoms with Crippen LogP contribution in [0.2, 0.25) is 0 Å². The highest BCUT2D eigenvalue weighted by Crippen LogP contribution is 2.36. The zero-order valence-electron chi connectivity index (χ0n) is 10.1. The molecule has 0 saturated heterocycles. The van der Waals surface area contributed by atoms with Gasteiger partial charge in [0.2, 0.25) is 0 Å². The van der Waals surface area contributed by atoms with Crippen LogP contribution >= 0.6 is 15.9 Å². The summed E-state index contributed by atoms with van der Waals surface area (Å²) in [6.45, 7) is 0.666. The molecule has 1 saturated carbocycles. The molecule has 0 amide bonds. The smallest absolute Gasteiger partial charge is 0.134 e. The van der Waals surface area contributed by atoms with Gasteiger partial charge in [0.25, 0.3) is 0 Å². The number of nitrogens with one attached hydrogen (secondary N) is 1. The first-order valence-corrected chi connectivity index (χ1v) is 7.05. The number of pyridine rings is 1. The van der Waals surface area contributed by atoms with E-state index in [-0.39, 0.29) is 5.54 Å². The van der Waals surface area contributed by atoms with E-state index in [0.717, 1.165) is 28.5 Å². The van der Waals surface area contributed by atoms with Crippen LogP contribution in [0.5, 0.6) is 0 Å². The van der Waals surface area contributed by atoms with E-state index in [1.54, 1.807) is 0 Å². The fraction of sp³-hybridized carbons (Fsp3) is 0.357. The zero-order valence-corrected chi connectivity index (χ0v) is 11.7. The molecule has 3 nitrogen and oxygen atoms in total. The number of hydrogen-bond acceptors (Lipinski definition) is 3. The van der Waals surface area contributed by atoms with Gasteiger partial charge in [-0.05, 0) is 31.4 Å². The normalized spacial score (nSPS) is 17.4. The van der Waals surface area contributed by atoms with Gasteiger partial charge >= 0.3 is 0 Å². The van der Waals surface area contributed by atoms with Crippen LogP contribution in [0, 0.1) is 0 Å². The van der Waals surface area contributed by atoms with Gasteiger partial charge in [-0.25, -0.2) is 4.98 Å². The molecule has 1 aromatic carbocycles. The summed E-state index contributed by atoms with van der Waals surface area (Å²) in [5.74, 6) is 0.943. The number of rotatable bonds is 3. The highest BCUT2D eigenvalue weighted by molar-refractivity contribution is 9.10. The van der Waals surface area contributed by atoms with Crippen molar-refractivity contribution in [3.8, 4) is 0 Å². The molecule has 3 N–H and O–H groups in total. The number of halogens is 1. The molecule has 2 aromatic rings. The molecule has 1 aliphatic carbocycles. The van der Waals surface area contributed by atoms with Gasteiger partial charge in [-0.1, -0.05) is 28.1 Å². The van der Waals surface area contributed by atoms with E-state index in [1.807, 2.05) is 24.4 Å². The minimum Gasteiger partial charge on any atom is -0.363 e. The van der Waals surface area contributed by atoms with Gasteiger partial charge in [-0.2, -0.15) is 0 Å². The minimum absolute atomic E-state index is 0.0591. The van der Waals surface area contributed by atoms with E-state index in [1.165, 1.54) is 11.8 Å². The van der Waals surface area contributed by atoms with Crippen molar-refractivity contribution >= 4 is 32.5 Å². The molecule has 1 fully saturated rings. The van der Waals surface area contributed by atoms with Crippen LogP contribution in [0.4, 0.5) is 5.82 Å². The van der Waals surface area contributed by atoms with Gasteiger partial charge in [0, 0.05) is 28.0 Å². The SMILES string of the molecule is NCC1(Nc2nccc3c(Br)cccc23)CCC1. The Morgan fingerprint density at radius 3 is 2.78 bits per heavy atom. The Hall–Kier alpha value is -1.13. The van der Waals surface area contributed by atoms with E-state index in [9.17, 15) is 0 Å². The molecule has 4 heteroatoms. The van der Waals surface area contributed by atoms with Gasteiger partial charge in [-0.15, -0.1) is 0 Å². The van der Waals surface area contributed by atoms with E-state index in [2.05, 4.69) is 32.3 Å². The Kier molecular flexibility index (Phi) is 2.99. The molecule has 0 atom stereocenters. The Labute approximate surface area is 115 Å². The Bertz CT molecular complexity index is 573. The molecule has 94 valence electrons. The number of hydrogen-bond donors (Lipinski definition) is 2. The standard InChI is InChI=1S/C14H16BrN3/c15-12-4-1-3-11-10(12)5-8-17-13(11)18-14(9-16)6-2-7-14/h1,3-5,8H,2,6-7,9,16H2,(H,17,18). The Morgan fingerprint density at radius 2 is 2.11 bits per heavy atom. The molecule has 0 unspecified atom stereocenters. The van der Waals surface area contributed by atoms with Crippen molar-refractivity contribution in [2.45, 2.75) is 24.8 Å². The van der Waals surface area contributed by atoms with Crippen LogP contribution in [0.15, 0.2) is 34.9 Å². The van der Waals surface area contributed by atoms with Crippen molar-refractivity contribution in [1.82, 2.24) is 4.98 Å². The molecule has 18 heavy (non-hydrogen) atoms. The highest BCUT2D eigenvalue weighted by Gasteiger charge is 2.35. The van der Waals surface area contributed by atoms with Gasteiger partial charge in [-0.3, -0.25) is 0 Å². The van der Waals surface area contributed by atoms with Crippen molar-refractivity contribution in [2.75, 3.05) is 11.9 Å². The van der Waals surface area contributed by atoms with Crippen LogP contribution in [-0.4, -0.2) is 17.1 Å². The summed E-state index contributed by atoms with van der Waals surface area (Å²) in [6.07, 6.45) is 5.36. The summed E-state index contributed by atoms with van der Waals surface area (Å²) in [7, 11) is 0. The maximum absolute atomic E-state index is 5.89. The predicted octanol–water partition coefficient (Wildman–Crippen LogP) is 3.29. The topological polar surface area (TPSA) is 50.9 Å². The average Bonchev–Trinajstić information content (AvgIpc) is 2.35. The molecular weight excluding hydrogens is 290 g/mol. The fourth-order valence-electron chi connectivity index (χ4n) is 2.50. The first-order valence-electron chi connectivity index (χ1n) is 6.26. The number of anilines is 1. The number of benzene rings is 1. The molecule has 0 bridgehead atoms. The third-order valence-corrected chi connectivity index (χ3v) is 4.53. The number of nitrogens with two attached hydrogens (primary N) is 1. The molecule has 1 heterocycles. The maximum Gasteiger partial charge on any atom is 0.134 e. The van der Waals surface area contributed by atoms with Gasteiger partial charge in [0.05, 0.1) is 5.54 Å². The number of nitrogens with zero attached hydrogens (tertiary/aromatic N) is 1. The van der Waals surface area contributed by atoms with E-state index in [4.69, 9.17) is 5.73 Å². The second kappa shape index (κ2) is 4.52. The van der Waals surface area contributed by atoms with Crippen molar-refractivity contribution in [2.24, 2.45) is 5.73 Å². The molecule has 1 aromatic heterocycles. The van der Waals surface area contributed by atoms with Crippen LogP contribution in [-0.2, 0) is 0 Å². The quantitative estimate of drug-likeness (QED) is 0.915. The fourth-order valence-corrected chi connectivity index (χ4v) is 3.00. The lowest BCUT2D eigenvalue weighted by atomic mass is 9.77. The molecule has 0 aliphatic heterocycles. The zero-order chi connectivity index (χ0) is 12.6. The van der Waals surface area contributed by atoms with Crippen LogP contribution in [0.1, 0.15) is 19.3 Å². The number of fused-ring (bicyclic) bond motifs is 1. The third kappa shape index (κ3) is 1.89. The lowest BCUT2D eigenvalue weighted by Gasteiger charge is -2.42. The Balaban J connectivity index is 2.04. The summed E-state index contributed by atoms with van der Waals surface area (Å²) in [6, 6.07) is 8.21. The minimum atomic E-state index is 0.0591. The highest BCUT2D eigenvalue weighted by atomic mass is 79.9. The molecule has 1 aliphatic rings. The summed E-state index contributed by atoms with van der Waals surface area (Å²) in [4.78, 5) is 4.48. The summed E-state index contributed by atoms with van der Waals surface area (Å²) in [5, 5.41) is 5.88. The second-order valence-corrected chi connectivity index (χ2v) is 5.81.